The number of rotatable bonds is 3. The maximum atomic E-state index is 10.8. The van der Waals surface area contributed by atoms with E-state index in [1.165, 1.54) is 0 Å². The SMILES string of the molecule is C=C(CC(=O)OOC(=O)O)C(=O)OOC(=O)O. The van der Waals surface area contributed by atoms with Crippen molar-refractivity contribution in [1.29, 1.82) is 0 Å². The van der Waals surface area contributed by atoms with Crippen LogP contribution < -0.4 is 0 Å². The van der Waals surface area contributed by atoms with Gasteiger partial charge in [0.15, 0.2) is 0 Å². The molecule has 10 heteroatoms. The quantitative estimate of drug-likeness (QED) is 0.405. The number of carbonyl (C=O) groups is 4. The first-order valence-electron chi connectivity index (χ1n) is 3.72. The molecule has 0 aromatic rings. The van der Waals surface area contributed by atoms with Crippen LogP contribution in [0.25, 0.3) is 0 Å². The Morgan fingerprint density at radius 3 is 1.82 bits per heavy atom. The van der Waals surface area contributed by atoms with Crippen molar-refractivity contribution in [1.82, 2.24) is 0 Å². The van der Waals surface area contributed by atoms with Crippen molar-refractivity contribution in [2.75, 3.05) is 0 Å². The molecule has 94 valence electrons. The molecular weight excluding hydrogens is 244 g/mol. The average molecular weight is 250 g/mol. The van der Waals surface area contributed by atoms with Gasteiger partial charge in [-0.05, 0) is 0 Å². The Kier molecular flexibility index (Phi) is 5.57. The number of carbonyl (C=O) groups excluding carboxylic acids is 2. The minimum absolute atomic E-state index is 0.523. The molecule has 10 nitrogen and oxygen atoms in total. The van der Waals surface area contributed by atoms with Gasteiger partial charge in [-0.2, -0.15) is 0 Å². The van der Waals surface area contributed by atoms with E-state index in [0.29, 0.717) is 0 Å². The second kappa shape index (κ2) is 6.66. The molecular formula is C7H6O10. The van der Waals surface area contributed by atoms with E-state index in [9.17, 15) is 19.2 Å². The highest BCUT2D eigenvalue weighted by Crippen LogP contribution is 2.03. The standard InChI is InChI=1S/C7H6O10/c1-3(5(9)15-17-7(12)13)2-4(8)14-16-6(10)11/h1-2H2,(H,10,11)(H,12,13). The lowest BCUT2D eigenvalue weighted by Gasteiger charge is -2.02. The van der Waals surface area contributed by atoms with Gasteiger partial charge in [0, 0.05) is 5.57 Å². The lowest BCUT2D eigenvalue weighted by atomic mass is 10.2. The van der Waals surface area contributed by atoms with E-state index in [1.54, 1.807) is 0 Å². The van der Waals surface area contributed by atoms with E-state index in [2.05, 4.69) is 26.1 Å². The van der Waals surface area contributed by atoms with Gasteiger partial charge >= 0.3 is 24.2 Å². The van der Waals surface area contributed by atoms with Crippen LogP contribution in [0.2, 0.25) is 0 Å². The van der Waals surface area contributed by atoms with E-state index in [4.69, 9.17) is 10.2 Å². The van der Waals surface area contributed by atoms with Crippen LogP contribution in [0.3, 0.4) is 0 Å². The summed E-state index contributed by atoms with van der Waals surface area (Å²) in [5, 5.41) is 15.9. The number of hydrogen-bond acceptors (Lipinski definition) is 8. The fourth-order valence-corrected chi connectivity index (χ4v) is 0.490. The first-order chi connectivity index (χ1) is 7.82. The molecule has 0 atom stereocenters. The van der Waals surface area contributed by atoms with Gasteiger partial charge in [0.2, 0.25) is 0 Å². The van der Waals surface area contributed by atoms with Crippen LogP contribution in [0.5, 0.6) is 0 Å². The Morgan fingerprint density at radius 1 is 0.882 bits per heavy atom. The summed E-state index contributed by atoms with van der Waals surface area (Å²) in [5.74, 6) is -2.58. The van der Waals surface area contributed by atoms with E-state index >= 15 is 0 Å². The van der Waals surface area contributed by atoms with E-state index in [1.807, 2.05) is 0 Å². The maximum Gasteiger partial charge on any atom is 0.547 e. The third kappa shape index (κ3) is 7.18. The number of carboxylic acid groups (broad SMARTS) is 2. The Hall–Kier alpha value is -2.78. The normalized spacial score (nSPS) is 8.71. The van der Waals surface area contributed by atoms with Crippen LogP contribution in [0.15, 0.2) is 12.2 Å². The zero-order valence-electron chi connectivity index (χ0n) is 8.07. The van der Waals surface area contributed by atoms with Crippen molar-refractivity contribution in [2.45, 2.75) is 6.42 Å². The molecule has 0 saturated carbocycles. The summed E-state index contributed by atoms with van der Waals surface area (Å²) in [6.45, 7) is 3.05. The predicted molar refractivity (Wildman–Crippen MR) is 44.2 cm³/mol. The first-order valence-corrected chi connectivity index (χ1v) is 3.72. The molecule has 0 rings (SSSR count). The average Bonchev–Trinajstić information content (AvgIpc) is 2.22. The summed E-state index contributed by atoms with van der Waals surface area (Å²) in [4.78, 5) is 55.5. The van der Waals surface area contributed by atoms with Gasteiger partial charge in [-0.3, -0.25) is 0 Å². The van der Waals surface area contributed by atoms with E-state index in [0.717, 1.165) is 0 Å². The zero-order valence-corrected chi connectivity index (χ0v) is 8.07. The topological polar surface area (TPSA) is 146 Å². The molecule has 0 saturated heterocycles. The summed E-state index contributed by atoms with van der Waals surface area (Å²) in [6, 6.07) is 0. The molecule has 0 spiro atoms. The summed E-state index contributed by atoms with van der Waals surface area (Å²) < 4.78 is 0. The second-order valence-corrected chi connectivity index (χ2v) is 2.30. The van der Waals surface area contributed by atoms with Crippen molar-refractivity contribution in [3.05, 3.63) is 12.2 Å². The number of hydrogen-bond donors (Lipinski definition) is 2. The molecule has 0 fully saturated rings. The highest BCUT2D eigenvalue weighted by Gasteiger charge is 2.18. The smallest absolute Gasteiger partial charge is 0.447 e. The monoisotopic (exact) mass is 250 g/mol. The van der Waals surface area contributed by atoms with Gasteiger partial charge < -0.3 is 10.2 Å². The summed E-state index contributed by atoms with van der Waals surface area (Å²) in [7, 11) is 0. The van der Waals surface area contributed by atoms with Crippen molar-refractivity contribution in [3.63, 3.8) is 0 Å². The zero-order chi connectivity index (χ0) is 13.4. The third-order valence-electron chi connectivity index (χ3n) is 1.04. The highest BCUT2D eigenvalue weighted by molar-refractivity contribution is 5.93. The largest absolute Gasteiger partial charge is 0.547 e. The van der Waals surface area contributed by atoms with Gasteiger partial charge in [-0.25, -0.2) is 38.7 Å². The van der Waals surface area contributed by atoms with Gasteiger partial charge in [0.1, 0.15) is 0 Å². The lowest BCUT2D eigenvalue weighted by molar-refractivity contribution is -0.242. The molecule has 0 aliphatic carbocycles. The minimum atomic E-state index is -1.87. The van der Waals surface area contributed by atoms with Gasteiger partial charge in [0.25, 0.3) is 0 Å². The van der Waals surface area contributed by atoms with Gasteiger partial charge in [0.05, 0.1) is 6.42 Å². The first kappa shape index (κ1) is 14.2. The fraction of sp³-hybridized carbons (Fsp3) is 0.143. The van der Waals surface area contributed by atoms with Crippen LogP contribution in [0.1, 0.15) is 6.42 Å². The molecule has 2 N–H and O–H groups in total. The minimum Gasteiger partial charge on any atom is -0.447 e. The van der Waals surface area contributed by atoms with Gasteiger partial charge in [-0.15, -0.1) is 0 Å². The van der Waals surface area contributed by atoms with E-state index in [-0.39, 0.29) is 0 Å². The molecule has 0 unspecified atom stereocenters. The molecule has 0 radical (unpaired) electrons. The van der Waals surface area contributed by atoms with Crippen LogP contribution in [-0.2, 0) is 29.1 Å². The molecule has 0 aliphatic rings. The highest BCUT2D eigenvalue weighted by atomic mass is 17.2. The summed E-state index contributed by atoms with van der Waals surface area (Å²) >= 11 is 0. The Labute approximate surface area is 92.8 Å². The molecule has 0 aromatic heterocycles. The van der Waals surface area contributed by atoms with Crippen LogP contribution in [0, 0.1) is 0 Å². The second-order valence-electron chi connectivity index (χ2n) is 2.30. The molecule has 0 aromatic carbocycles. The molecule has 0 aliphatic heterocycles. The molecule has 17 heavy (non-hydrogen) atoms. The lowest BCUT2D eigenvalue weighted by Crippen LogP contribution is -2.15. The van der Waals surface area contributed by atoms with Crippen molar-refractivity contribution < 1.29 is 48.9 Å². The van der Waals surface area contributed by atoms with Crippen LogP contribution in [0.4, 0.5) is 9.59 Å². The Bertz CT molecular complexity index is 356. The summed E-state index contributed by atoms with van der Waals surface area (Å²) in [5.41, 5.74) is -0.523. The third-order valence-corrected chi connectivity index (χ3v) is 1.04. The predicted octanol–water partition coefficient (Wildman–Crippen LogP) is 0.238. The molecule has 0 heterocycles. The van der Waals surface area contributed by atoms with Crippen molar-refractivity contribution in [3.8, 4) is 0 Å². The van der Waals surface area contributed by atoms with E-state index < -0.39 is 36.2 Å². The molecule has 0 amide bonds. The van der Waals surface area contributed by atoms with Crippen molar-refractivity contribution in [2.24, 2.45) is 0 Å². The van der Waals surface area contributed by atoms with Crippen LogP contribution in [-0.4, -0.2) is 34.5 Å². The summed E-state index contributed by atoms with van der Waals surface area (Å²) in [6.07, 6.45) is -4.50. The fourth-order valence-electron chi connectivity index (χ4n) is 0.490. The Balaban J connectivity index is 3.99. The maximum absolute atomic E-state index is 10.8. The Morgan fingerprint density at radius 2 is 1.35 bits per heavy atom. The van der Waals surface area contributed by atoms with Gasteiger partial charge in [-0.1, -0.05) is 6.58 Å². The van der Waals surface area contributed by atoms with Crippen LogP contribution >= 0.6 is 0 Å². The molecule has 0 bridgehead atoms. The van der Waals surface area contributed by atoms with Crippen molar-refractivity contribution >= 4 is 24.2 Å².